The minimum Gasteiger partial charge on any atom is -0.495 e. The number of nitrogens with one attached hydrogen (secondary N) is 1. The summed E-state index contributed by atoms with van der Waals surface area (Å²) in [5.41, 5.74) is 10.1. The molecule has 1 aromatic heterocycles. The second-order valence-electron chi connectivity index (χ2n) is 9.31. The molecule has 1 unspecified atom stereocenters. The van der Waals surface area contributed by atoms with Crippen LogP contribution in [0.1, 0.15) is 26.7 Å². The number of piperazine rings is 1. The van der Waals surface area contributed by atoms with E-state index < -0.39 is 11.2 Å². The number of H-pyrrole nitrogens is 1. The van der Waals surface area contributed by atoms with Crippen LogP contribution in [0.5, 0.6) is 5.75 Å². The molecule has 4 aromatic rings. The number of rotatable bonds is 9. The van der Waals surface area contributed by atoms with E-state index >= 15 is 0 Å². The first-order chi connectivity index (χ1) is 19.0. The van der Waals surface area contributed by atoms with Gasteiger partial charge in [-0.3, -0.25) is 14.5 Å². The maximum absolute atomic E-state index is 12.7. The molecule has 1 amide bonds. The van der Waals surface area contributed by atoms with Crippen molar-refractivity contribution in [2.75, 3.05) is 45.3 Å². The minimum absolute atomic E-state index is 0.332. The van der Waals surface area contributed by atoms with Crippen LogP contribution < -0.4 is 15.4 Å². The number of amides is 1. The maximum atomic E-state index is 12.7. The molecule has 1 fully saturated rings. The normalized spacial score (nSPS) is 14.8. The third-order valence-corrected chi connectivity index (χ3v) is 8.00. The molecule has 2 heterocycles. The highest BCUT2D eigenvalue weighted by Gasteiger charge is 2.26. The second kappa shape index (κ2) is 11.8. The summed E-state index contributed by atoms with van der Waals surface area (Å²) in [7, 11) is 3.08. The smallest absolute Gasteiger partial charge is 0.323 e. The number of nitrogens with zero attached hydrogens (tertiary/aromatic N) is 3. The number of benzene rings is 3. The van der Waals surface area contributed by atoms with E-state index in [9.17, 15) is 9.59 Å². The highest BCUT2D eigenvalue weighted by atomic mass is 32.2. The van der Waals surface area contributed by atoms with E-state index in [-0.39, 0.29) is 5.97 Å². The Bertz CT molecular complexity index is 1460. The Morgan fingerprint density at radius 3 is 2.44 bits per heavy atom. The van der Waals surface area contributed by atoms with Crippen molar-refractivity contribution < 1.29 is 19.1 Å². The molecule has 0 spiro atoms. The molecule has 1 aliphatic heterocycles. The number of primary amides is 1. The van der Waals surface area contributed by atoms with Gasteiger partial charge in [-0.25, -0.2) is 4.98 Å². The molecule has 1 aliphatic rings. The summed E-state index contributed by atoms with van der Waals surface area (Å²) < 4.78 is 10.6. The van der Waals surface area contributed by atoms with E-state index in [2.05, 4.69) is 38.0 Å². The number of aromatic amines is 1. The van der Waals surface area contributed by atoms with Crippen molar-refractivity contribution in [1.29, 1.82) is 0 Å². The van der Waals surface area contributed by atoms with Gasteiger partial charge in [-0.2, -0.15) is 0 Å². The zero-order valence-electron chi connectivity index (χ0n) is 21.9. The van der Waals surface area contributed by atoms with Crippen LogP contribution in [0, 0.1) is 0 Å². The quantitative estimate of drug-likeness (QED) is 0.240. The molecular formula is C29H31N5O4S. The van der Waals surface area contributed by atoms with Crippen LogP contribution in [-0.4, -0.2) is 67.1 Å². The Balaban J connectivity index is 1.25. The zero-order chi connectivity index (χ0) is 27.4. The number of fused-ring (bicyclic) bond motifs is 1. The van der Waals surface area contributed by atoms with E-state index in [4.69, 9.17) is 15.2 Å². The average molecular weight is 546 g/mol. The summed E-state index contributed by atoms with van der Waals surface area (Å²) >= 11 is 1.24. The van der Waals surface area contributed by atoms with Crippen molar-refractivity contribution in [3.05, 3.63) is 83.4 Å². The van der Waals surface area contributed by atoms with Crippen LogP contribution in [0.15, 0.2) is 71.9 Å². The van der Waals surface area contributed by atoms with Gasteiger partial charge >= 0.3 is 5.97 Å². The fourth-order valence-electron chi connectivity index (χ4n) is 4.83. The van der Waals surface area contributed by atoms with E-state index in [1.54, 1.807) is 19.2 Å². The van der Waals surface area contributed by atoms with E-state index in [0.29, 0.717) is 21.8 Å². The van der Waals surface area contributed by atoms with Crippen LogP contribution >= 0.6 is 11.8 Å². The topological polar surface area (TPSA) is 114 Å². The summed E-state index contributed by atoms with van der Waals surface area (Å²) in [4.78, 5) is 37.0. The monoisotopic (exact) mass is 545 g/mol. The molecule has 3 aromatic carbocycles. The number of thioether (sulfide) groups is 1. The van der Waals surface area contributed by atoms with Gasteiger partial charge in [0.25, 0.3) is 5.91 Å². The molecule has 0 radical (unpaired) electrons. The number of carbonyl (C=O) groups is 2. The van der Waals surface area contributed by atoms with Gasteiger partial charge in [-0.15, -0.1) is 0 Å². The van der Waals surface area contributed by atoms with Gasteiger partial charge in [-0.1, -0.05) is 54.2 Å². The summed E-state index contributed by atoms with van der Waals surface area (Å²) in [6, 6.07) is 21.4. The zero-order valence-corrected chi connectivity index (χ0v) is 22.7. The maximum Gasteiger partial charge on any atom is 0.323 e. The van der Waals surface area contributed by atoms with E-state index in [1.165, 1.54) is 24.4 Å². The van der Waals surface area contributed by atoms with Gasteiger partial charge in [0.1, 0.15) is 16.5 Å². The standard InChI is InChI=1S/C29H31N5O4S/c1-37-24-9-4-3-8-23(24)34-16-14-33(15-17-34)18-19-10-12-20(13-11-19)26(28(36)38-2)39-29-31-22-7-5-6-21(27(30)35)25(22)32-29/h3-13,26H,14-18H2,1-2H3,(H2,30,35)(H,31,32). The Hall–Kier alpha value is -4.02. The fraction of sp³-hybridized carbons (Fsp3) is 0.276. The number of anilines is 1. The second-order valence-corrected chi connectivity index (χ2v) is 10.4. The molecule has 3 N–H and O–H groups in total. The molecular weight excluding hydrogens is 514 g/mol. The minimum atomic E-state index is -0.619. The Labute approximate surface area is 231 Å². The molecule has 10 heteroatoms. The average Bonchev–Trinajstić information content (AvgIpc) is 3.39. The lowest BCUT2D eigenvalue weighted by Gasteiger charge is -2.36. The molecule has 202 valence electrons. The van der Waals surface area contributed by atoms with Crippen LogP contribution in [0.2, 0.25) is 0 Å². The number of para-hydroxylation sites is 3. The molecule has 0 aliphatic carbocycles. The molecule has 9 nitrogen and oxygen atoms in total. The van der Waals surface area contributed by atoms with Crippen molar-refractivity contribution in [2.24, 2.45) is 5.73 Å². The van der Waals surface area contributed by atoms with Gasteiger partial charge in [0, 0.05) is 32.7 Å². The van der Waals surface area contributed by atoms with E-state index in [1.807, 2.05) is 36.4 Å². The van der Waals surface area contributed by atoms with Crippen molar-refractivity contribution in [1.82, 2.24) is 14.9 Å². The van der Waals surface area contributed by atoms with Crippen molar-refractivity contribution >= 4 is 40.4 Å². The van der Waals surface area contributed by atoms with E-state index in [0.717, 1.165) is 49.7 Å². The molecule has 5 rings (SSSR count). The van der Waals surface area contributed by atoms with Gasteiger partial charge in [0.05, 0.1) is 31.0 Å². The molecule has 1 saturated heterocycles. The number of aromatic nitrogens is 2. The summed E-state index contributed by atoms with van der Waals surface area (Å²) in [6.07, 6.45) is 0. The molecule has 39 heavy (non-hydrogen) atoms. The molecule has 0 saturated carbocycles. The number of hydrogen-bond donors (Lipinski definition) is 2. The third kappa shape index (κ3) is 5.86. The fourth-order valence-corrected chi connectivity index (χ4v) is 5.85. The lowest BCUT2D eigenvalue weighted by atomic mass is 10.1. The largest absolute Gasteiger partial charge is 0.495 e. The summed E-state index contributed by atoms with van der Waals surface area (Å²) in [5.74, 6) is -0.0312. The van der Waals surface area contributed by atoms with Crippen molar-refractivity contribution in [2.45, 2.75) is 17.0 Å². The van der Waals surface area contributed by atoms with Crippen molar-refractivity contribution in [3.63, 3.8) is 0 Å². The first-order valence-corrected chi connectivity index (χ1v) is 13.6. The highest BCUT2D eigenvalue weighted by molar-refractivity contribution is 8.00. The van der Waals surface area contributed by atoms with Gasteiger partial charge < -0.3 is 25.1 Å². The number of carbonyl (C=O) groups excluding carboxylic acids is 2. The lowest BCUT2D eigenvalue weighted by molar-refractivity contribution is -0.140. The lowest BCUT2D eigenvalue weighted by Crippen LogP contribution is -2.46. The van der Waals surface area contributed by atoms with Gasteiger partial charge in [-0.05, 0) is 35.4 Å². The third-order valence-electron chi connectivity index (χ3n) is 6.89. The number of methoxy groups -OCH3 is 2. The molecule has 1 atom stereocenters. The van der Waals surface area contributed by atoms with Crippen molar-refractivity contribution in [3.8, 4) is 5.75 Å². The first kappa shape index (κ1) is 26.6. The van der Waals surface area contributed by atoms with Crippen LogP contribution in [-0.2, 0) is 16.1 Å². The predicted molar refractivity (Wildman–Crippen MR) is 152 cm³/mol. The van der Waals surface area contributed by atoms with Crippen LogP contribution in [0.25, 0.3) is 11.0 Å². The first-order valence-electron chi connectivity index (χ1n) is 12.7. The number of nitrogens with two attached hydrogens (primary N) is 1. The predicted octanol–water partition coefficient (Wildman–Crippen LogP) is 4.00. The Kier molecular flexibility index (Phi) is 8.04. The molecule has 0 bridgehead atoms. The Morgan fingerprint density at radius 2 is 1.74 bits per heavy atom. The SMILES string of the molecule is COC(=O)C(Sc1nc2c(C(N)=O)cccc2[nH]1)c1ccc(CN2CCN(c3ccccc3OC)CC2)cc1. The highest BCUT2D eigenvalue weighted by Crippen LogP contribution is 2.36. The Morgan fingerprint density at radius 1 is 1.00 bits per heavy atom. The van der Waals surface area contributed by atoms with Gasteiger partial charge in [0.2, 0.25) is 0 Å². The summed E-state index contributed by atoms with van der Waals surface area (Å²) in [6.45, 7) is 4.57. The number of imidazole rings is 1. The number of ether oxygens (including phenoxy) is 2. The van der Waals surface area contributed by atoms with Crippen LogP contribution in [0.4, 0.5) is 5.69 Å². The summed E-state index contributed by atoms with van der Waals surface area (Å²) in [5, 5.41) is -0.114. The van der Waals surface area contributed by atoms with Crippen LogP contribution in [0.3, 0.4) is 0 Å². The number of esters is 1. The van der Waals surface area contributed by atoms with Gasteiger partial charge in [0.15, 0.2) is 5.16 Å². The number of hydrogen-bond acceptors (Lipinski definition) is 8.